The van der Waals surface area contributed by atoms with Crippen molar-refractivity contribution in [2.24, 2.45) is 5.73 Å². The molecule has 1 atom stereocenters. The lowest BCUT2D eigenvalue weighted by Crippen LogP contribution is -2.37. The Balaban J connectivity index is 2.27. The molecule has 1 aromatic carbocycles. The second-order valence-electron chi connectivity index (χ2n) is 4.78. The van der Waals surface area contributed by atoms with E-state index in [0.717, 1.165) is 25.2 Å². The van der Waals surface area contributed by atoms with Crippen LogP contribution in [0.4, 0.5) is 10.1 Å². The Kier molecular flexibility index (Phi) is 4.55. The second-order valence-corrected chi connectivity index (χ2v) is 4.78. The van der Waals surface area contributed by atoms with Gasteiger partial charge in [-0.15, -0.1) is 0 Å². The minimum Gasteiger partial charge on any atom is -0.378 e. The molecule has 1 heterocycles. The molecular formula is C14H21FN2O. The quantitative estimate of drug-likeness (QED) is 0.892. The van der Waals surface area contributed by atoms with Crippen LogP contribution in [0, 0.1) is 5.82 Å². The van der Waals surface area contributed by atoms with E-state index in [-0.39, 0.29) is 5.82 Å². The maximum Gasteiger partial charge on any atom is 0.125 e. The van der Waals surface area contributed by atoms with Gasteiger partial charge in [0.05, 0.1) is 13.2 Å². The van der Waals surface area contributed by atoms with Crippen LogP contribution in [0.5, 0.6) is 0 Å². The number of anilines is 1. The predicted octanol–water partition coefficient (Wildman–Crippen LogP) is 2.11. The van der Waals surface area contributed by atoms with E-state index in [4.69, 9.17) is 10.5 Å². The average Bonchev–Trinajstić information content (AvgIpc) is 2.40. The van der Waals surface area contributed by atoms with E-state index in [1.54, 1.807) is 6.07 Å². The lowest BCUT2D eigenvalue weighted by molar-refractivity contribution is 0.122. The highest BCUT2D eigenvalue weighted by atomic mass is 19.1. The molecule has 100 valence electrons. The standard InChI is InChI=1S/C14H21FN2O/c1-11(4-5-16)13-3-2-12(15)10-14(13)17-6-8-18-9-7-17/h2-3,10-11H,4-9,16H2,1H3. The van der Waals surface area contributed by atoms with Crippen molar-refractivity contribution in [3.63, 3.8) is 0 Å². The van der Waals surface area contributed by atoms with E-state index in [1.807, 2.05) is 6.07 Å². The largest absolute Gasteiger partial charge is 0.378 e. The third-order valence-corrected chi connectivity index (χ3v) is 3.47. The molecule has 1 aliphatic heterocycles. The second kappa shape index (κ2) is 6.16. The molecule has 1 aliphatic rings. The Bertz CT molecular complexity index is 391. The summed E-state index contributed by atoms with van der Waals surface area (Å²) in [4.78, 5) is 2.20. The van der Waals surface area contributed by atoms with Gasteiger partial charge in [-0.05, 0) is 36.6 Å². The number of hydrogen-bond donors (Lipinski definition) is 1. The number of ether oxygens (including phenoxy) is 1. The van der Waals surface area contributed by atoms with Gasteiger partial charge in [0.2, 0.25) is 0 Å². The number of nitrogens with zero attached hydrogens (tertiary/aromatic N) is 1. The summed E-state index contributed by atoms with van der Waals surface area (Å²) in [7, 11) is 0. The van der Waals surface area contributed by atoms with Gasteiger partial charge in [-0.1, -0.05) is 13.0 Å². The van der Waals surface area contributed by atoms with Crippen LogP contribution >= 0.6 is 0 Å². The molecule has 0 amide bonds. The van der Waals surface area contributed by atoms with E-state index >= 15 is 0 Å². The number of benzene rings is 1. The highest BCUT2D eigenvalue weighted by Gasteiger charge is 2.18. The van der Waals surface area contributed by atoms with E-state index in [2.05, 4.69) is 11.8 Å². The molecule has 2 N–H and O–H groups in total. The van der Waals surface area contributed by atoms with Crippen molar-refractivity contribution in [3.8, 4) is 0 Å². The van der Waals surface area contributed by atoms with Crippen LogP contribution in [0.2, 0.25) is 0 Å². The van der Waals surface area contributed by atoms with Crippen molar-refractivity contribution in [1.29, 1.82) is 0 Å². The smallest absolute Gasteiger partial charge is 0.125 e. The zero-order chi connectivity index (χ0) is 13.0. The molecule has 0 radical (unpaired) electrons. The van der Waals surface area contributed by atoms with E-state index in [9.17, 15) is 4.39 Å². The van der Waals surface area contributed by atoms with Crippen molar-refractivity contribution in [3.05, 3.63) is 29.6 Å². The van der Waals surface area contributed by atoms with Crippen LogP contribution in [0.3, 0.4) is 0 Å². The molecule has 0 saturated carbocycles. The molecule has 4 heteroatoms. The van der Waals surface area contributed by atoms with Gasteiger partial charge >= 0.3 is 0 Å². The van der Waals surface area contributed by atoms with Crippen molar-refractivity contribution in [2.45, 2.75) is 19.3 Å². The average molecular weight is 252 g/mol. The fourth-order valence-electron chi connectivity index (χ4n) is 2.42. The number of halogens is 1. The number of morpholine rings is 1. The van der Waals surface area contributed by atoms with Crippen LogP contribution in [-0.4, -0.2) is 32.8 Å². The molecule has 1 aromatic rings. The van der Waals surface area contributed by atoms with Gasteiger partial charge in [0.1, 0.15) is 5.82 Å². The maximum absolute atomic E-state index is 13.5. The summed E-state index contributed by atoms with van der Waals surface area (Å²) < 4.78 is 18.8. The molecule has 18 heavy (non-hydrogen) atoms. The fourth-order valence-corrected chi connectivity index (χ4v) is 2.42. The Morgan fingerprint density at radius 2 is 2.11 bits per heavy atom. The summed E-state index contributed by atoms with van der Waals surface area (Å²) in [6.45, 7) is 5.87. The Labute approximate surface area is 108 Å². The number of nitrogens with two attached hydrogens (primary N) is 1. The summed E-state index contributed by atoms with van der Waals surface area (Å²) in [6.07, 6.45) is 0.920. The normalized spacial score (nSPS) is 17.8. The molecule has 0 aromatic heterocycles. The first-order valence-electron chi connectivity index (χ1n) is 6.54. The van der Waals surface area contributed by atoms with Crippen molar-refractivity contribution in [1.82, 2.24) is 0 Å². The molecule has 1 fully saturated rings. The first-order valence-corrected chi connectivity index (χ1v) is 6.54. The highest BCUT2D eigenvalue weighted by Crippen LogP contribution is 2.30. The molecule has 2 rings (SSSR count). The van der Waals surface area contributed by atoms with Gasteiger partial charge < -0.3 is 15.4 Å². The highest BCUT2D eigenvalue weighted by molar-refractivity contribution is 5.55. The predicted molar refractivity (Wildman–Crippen MR) is 71.5 cm³/mol. The third kappa shape index (κ3) is 3.00. The van der Waals surface area contributed by atoms with Gasteiger partial charge in [0.15, 0.2) is 0 Å². The third-order valence-electron chi connectivity index (χ3n) is 3.47. The fraction of sp³-hybridized carbons (Fsp3) is 0.571. The summed E-state index contributed by atoms with van der Waals surface area (Å²) in [5.41, 5.74) is 7.80. The maximum atomic E-state index is 13.5. The van der Waals surface area contributed by atoms with Crippen molar-refractivity contribution < 1.29 is 9.13 Å². The van der Waals surface area contributed by atoms with Crippen LogP contribution in [-0.2, 0) is 4.74 Å². The number of hydrogen-bond acceptors (Lipinski definition) is 3. The molecule has 0 spiro atoms. The molecule has 3 nitrogen and oxygen atoms in total. The van der Waals surface area contributed by atoms with E-state index < -0.39 is 0 Å². The SMILES string of the molecule is CC(CCN)c1ccc(F)cc1N1CCOCC1. The van der Waals surface area contributed by atoms with Gasteiger partial charge in [-0.2, -0.15) is 0 Å². The van der Waals surface area contributed by atoms with E-state index in [1.165, 1.54) is 11.6 Å². The summed E-state index contributed by atoms with van der Waals surface area (Å²) in [5, 5.41) is 0. The van der Waals surface area contributed by atoms with Crippen LogP contribution in [0.15, 0.2) is 18.2 Å². The number of rotatable bonds is 4. The zero-order valence-electron chi connectivity index (χ0n) is 10.9. The van der Waals surface area contributed by atoms with Gasteiger partial charge in [0, 0.05) is 18.8 Å². The Hall–Kier alpha value is -1.13. The summed E-state index contributed by atoms with van der Waals surface area (Å²) in [6, 6.07) is 5.06. The molecule has 0 aliphatic carbocycles. The first kappa shape index (κ1) is 13.3. The lowest BCUT2D eigenvalue weighted by Gasteiger charge is -2.32. The first-order chi connectivity index (χ1) is 8.72. The van der Waals surface area contributed by atoms with Gasteiger partial charge in [-0.25, -0.2) is 4.39 Å². The molecule has 1 unspecified atom stereocenters. The minimum absolute atomic E-state index is 0.180. The van der Waals surface area contributed by atoms with Gasteiger partial charge in [0.25, 0.3) is 0 Å². The lowest BCUT2D eigenvalue weighted by atomic mass is 9.95. The molecule has 0 bridgehead atoms. The van der Waals surface area contributed by atoms with Crippen LogP contribution < -0.4 is 10.6 Å². The van der Waals surface area contributed by atoms with Gasteiger partial charge in [-0.3, -0.25) is 0 Å². The summed E-state index contributed by atoms with van der Waals surface area (Å²) >= 11 is 0. The monoisotopic (exact) mass is 252 g/mol. The topological polar surface area (TPSA) is 38.5 Å². The van der Waals surface area contributed by atoms with Crippen molar-refractivity contribution >= 4 is 5.69 Å². The summed E-state index contributed by atoms with van der Waals surface area (Å²) in [5.74, 6) is 0.175. The van der Waals surface area contributed by atoms with Crippen LogP contribution in [0.25, 0.3) is 0 Å². The molecular weight excluding hydrogens is 231 g/mol. The van der Waals surface area contributed by atoms with Crippen LogP contribution in [0.1, 0.15) is 24.8 Å². The Morgan fingerprint density at radius 1 is 1.39 bits per heavy atom. The van der Waals surface area contributed by atoms with E-state index in [0.29, 0.717) is 25.7 Å². The Morgan fingerprint density at radius 3 is 2.78 bits per heavy atom. The minimum atomic E-state index is -0.180. The van der Waals surface area contributed by atoms with Crippen molar-refractivity contribution in [2.75, 3.05) is 37.7 Å². The zero-order valence-corrected chi connectivity index (χ0v) is 10.9. The molecule has 1 saturated heterocycles.